The smallest absolute Gasteiger partial charge is 0.153 e. The Bertz CT molecular complexity index is 581. The minimum Gasteiger partial charge on any atom is -0.308 e. The molecule has 0 aliphatic heterocycles. The van der Waals surface area contributed by atoms with Gasteiger partial charge in [0.1, 0.15) is 0 Å². The predicted molar refractivity (Wildman–Crippen MR) is 89.6 cm³/mol. The predicted octanol–water partition coefficient (Wildman–Crippen LogP) is 3.87. The number of hydrogen-bond acceptors (Lipinski definition) is 3. The van der Waals surface area contributed by atoms with Gasteiger partial charge in [-0.3, -0.25) is 0 Å². The summed E-state index contributed by atoms with van der Waals surface area (Å²) in [5.41, 5.74) is 2.59. The lowest BCUT2D eigenvalue weighted by molar-refractivity contribution is 0.423. The zero-order valence-electron chi connectivity index (χ0n) is 13.2. The van der Waals surface area contributed by atoms with Gasteiger partial charge in [-0.15, -0.1) is 0 Å². The van der Waals surface area contributed by atoms with Gasteiger partial charge in [0.05, 0.1) is 11.9 Å². The van der Waals surface area contributed by atoms with E-state index in [-0.39, 0.29) is 5.54 Å². The Kier molecular flexibility index (Phi) is 5.17. The van der Waals surface area contributed by atoms with Crippen molar-refractivity contribution in [2.24, 2.45) is 0 Å². The molecule has 2 aromatic rings. The van der Waals surface area contributed by atoms with E-state index < -0.39 is 0 Å². The summed E-state index contributed by atoms with van der Waals surface area (Å²) in [5, 5.41) is 8.06. The Hall–Kier alpha value is -1.20. The van der Waals surface area contributed by atoms with Gasteiger partial charge in [0.25, 0.3) is 0 Å². The van der Waals surface area contributed by atoms with Gasteiger partial charge in [-0.1, -0.05) is 13.3 Å². The van der Waals surface area contributed by atoms with Gasteiger partial charge in [-0.25, -0.2) is 9.67 Å². The molecule has 2 heterocycles. The van der Waals surface area contributed by atoms with Crippen LogP contribution in [0.15, 0.2) is 29.0 Å². The van der Waals surface area contributed by atoms with Crippen LogP contribution in [0.5, 0.6) is 0 Å². The molecule has 0 amide bonds. The molecule has 0 saturated carbocycles. The van der Waals surface area contributed by atoms with Gasteiger partial charge < -0.3 is 5.32 Å². The molecule has 5 heteroatoms. The monoisotopic (exact) mass is 350 g/mol. The third-order valence-corrected chi connectivity index (χ3v) is 3.65. The number of aromatic nitrogens is 3. The van der Waals surface area contributed by atoms with Crippen LogP contribution in [-0.2, 0) is 13.0 Å². The SMILES string of the molecule is CCCc1c(CNC(C)(C)C)cnn1-c1ccc(Br)cn1. The maximum atomic E-state index is 4.53. The van der Waals surface area contributed by atoms with Crippen LogP contribution in [0.2, 0.25) is 0 Å². The van der Waals surface area contributed by atoms with Crippen LogP contribution in [-0.4, -0.2) is 20.3 Å². The number of nitrogens with zero attached hydrogens (tertiary/aromatic N) is 3. The Morgan fingerprint density at radius 2 is 2.00 bits per heavy atom. The topological polar surface area (TPSA) is 42.7 Å². The summed E-state index contributed by atoms with van der Waals surface area (Å²) >= 11 is 3.42. The van der Waals surface area contributed by atoms with E-state index in [0.717, 1.165) is 29.7 Å². The second-order valence-corrected chi connectivity index (χ2v) is 7.13. The maximum Gasteiger partial charge on any atom is 0.153 e. The number of pyridine rings is 1. The van der Waals surface area contributed by atoms with E-state index in [2.05, 4.69) is 59.0 Å². The van der Waals surface area contributed by atoms with Crippen LogP contribution in [0.1, 0.15) is 45.4 Å². The summed E-state index contributed by atoms with van der Waals surface area (Å²) in [7, 11) is 0. The Morgan fingerprint density at radius 3 is 2.57 bits per heavy atom. The van der Waals surface area contributed by atoms with E-state index in [1.54, 1.807) is 6.20 Å². The highest BCUT2D eigenvalue weighted by molar-refractivity contribution is 9.10. The zero-order valence-corrected chi connectivity index (χ0v) is 14.7. The van der Waals surface area contributed by atoms with E-state index in [1.807, 2.05) is 23.0 Å². The van der Waals surface area contributed by atoms with Crippen LogP contribution in [0.4, 0.5) is 0 Å². The van der Waals surface area contributed by atoms with Crippen molar-refractivity contribution in [3.05, 3.63) is 40.3 Å². The minimum absolute atomic E-state index is 0.0987. The van der Waals surface area contributed by atoms with Gasteiger partial charge in [-0.05, 0) is 55.3 Å². The first kappa shape index (κ1) is 16.2. The summed E-state index contributed by atoms with van der Waals surface area (Å²) in [6, 6.07) is 3.98. The van der Waals surface area contributed by atoms with Gasteiger partial charge in [0, 0.05) is 28.3 Å². The van der Waals surface area contributed by atoms with Crippen molar-refractivity contribution in [3.8, 4) is 5.82 Å². The van der Waals surface area contributed by atoms with E-state index in [4.69, 9.17) is 0 Å². The fourth-order valence-electron chi connectivity index (χ4n) is 2.11. The molecule has 0 aliphatic carbocycles. The second kappa shape index (κ2) is 6.71. The molecule has 0 spiro atoms. The summed E-state index contributed by atoms with van der Waals surface area (Å²) in [6.07, 6.45) is 5.84. The van der Waals surface area contributed by atoms with E-state index in [1.165, 1.54) is 11.3 Å². The molecule has 21 heavy (non-hydrogen) atoms. The number of nitrogens with one attached hydrogen (secondary N) is 1. The first-order valence-electron chi connectivity index (χ1n) is 7.33. The van der Waals surface area contributed by atoms with Crippen molar-refractivity contribution in [2.75, 3.05) is 0 Å². The molecule has 0 fully saturated rings. The molecule has 0 saturated heterocycles. The van der Waals surface area contributed by atoms with Crippen molar-refractivity contribution in [1.29, 1.82) is 0 Å². The van der Waals surface area contributed by atoms with Crippen LogP contribution < -0.4 is 5.32 Å². The lowest BCUT2D eigenvalue weighted by Crippen LogP contribution is -2.35. The van der Waals surface area contributed by atoms with Gasteiger partial charge in [0.15, 0.2) is 5.82 Å². The molecule has 114 valence electrons. The molecule has 0 atom stereocenters. The molecule has 1 N–H and O–H groups in total. The van der Waals surface area contributed by atoms with Crippen LogP contribution >= 0.6 is 15.9 Å². The second-order valence-electron chi connectivity index (χ2n) is 6.22. The minimum atomic E-state index is 0.0987. The molecule has 0 radical (unpaired) electrons. The first-order valence-corrected chi connectivity index (χ1v) is 8.12. The lowest BCUT2D eigenvalue weighted by atomic mass is 10.1. The van der Waals surface area contributed by atoms with Crippen LogP contribution in [0.25, 0.3) is 5.82 Å². The van der Waals surface area contributed by atoms with E-state index in [9.17, 15) is 0 Å². The first-order chi connectivity index (χ1) is 9.90. The fraction of sp³-hybridized carbons (Fsp3) is 0.500. The Morgan fingerprint density at radius 1 is 1.24 bits per heavy atom. The fourth-order valence-corrected chi connectivity index (χ4v) is 2.34. The van der Waals surface area contributed by atoms with Crippen molar-refractivity contribution < 1.29 is 0 Å². The third kappa shape index (κ3) is 4.38. The average Bonchev–Trinajstić information content (AvgIpc) is 2.80. The van der Waals surface area contributed by atoms with Gasteiger partial charge in [0.2, 0.25) is 0 Å². The largest absolute Gasteiger partial charge is 0.308 e. The number of hydrogen-bond donors (Lipinski definition) is 1. The summed E-state index contributed by atoms with van der Waals surface area (Å²) < 4.78 is 2.93. The highest BCUT2D eigenvalue weighted by atomic mass is 79.9. The molecule has 2 rings (SSSR count). The third-order valence-electron chi connectivity index (χ3n) is 3.18. The Labute approximate surface area is 135 Å². The highest BCUT2D eigenvalue weighted by Gasteiger charge is 2.15. The molecule has 2 aromatic heterocycles. The number of halogens is 1. The normalized spacial score (nSPS) is 11.9. The zero-order chi connectivity index (χ0) is 15.5. The molecule has 0 aliphatic rings. The molecular formula is C16H23BrN4. The molecule has 4 nitrogen and oxygen atoms in total. The average molecular weight is 351 g/mol. The summed E-state index contributed by atoms with van der Waals surface area (Å²) in [5.74, 6) is 0.864. The maximum absolute atomic E-state index is 4.53. The molecular weight excluding hydrogens is 328 g/mol. The summed E-state index contributed by atoms with van der Waals surface area (Å²) in [4.78, 5) is 4.45. The highest BCUT2D eigenvalue weighted by Crippen LogP contribution is 2.18. The van der Waals surface area contributed by atoms with Gasteiger partial charge >= 0.3 is 0 Å². The van der Waals surface area contributed by atoms with E-state index in [0.29, 0.717) is 0 Å². The van der Waals surface area contributed by atoms with Crippen LogP contribution in [0, 0.1) is 0 Å². The van der Waals surface area contributed by atoms with Crippen molar-refractivity contribution in [3.63, 3.8) is 0 Å². The number of rotatable bonds is 5. The summed E-state index contributed by atoms with van der Waals surface area (Å²) in [6.45, 7) is 9.54. The van der Waals surface area contributed by atoms with Crippen molar-refractivity contribution in [1.82, 2.24) is 20.1 Å². The molecule has 0 aromatic carbocycles. The lowest BCUT2D eigenvalue weighted by Gasteiger charge is -2.20. The van der Waals surface area contributed by atoms with Gasteiger partial charge in [-0.2, -0.15) is 5.10 Å². The van der Waals surface area contributed by atoms with Crippen LogP contribution in [0.3, 0.4) is 0 Å². The standard InChI is InChI=1S/C16H23BrN4/c1-5-6-14-12(9-19-16(2,3)4)10-20-21(14)15-8-7-13(17)11-18-15/h7-8,10-11,19H,5-6,9H2,1-4H3. The van der Waals surface area contributed by atoms with Crippen molar-refractivity contribution >= 4 is 15.9 Å². The molecule has 0 unspecified atom stereocenters. The quantitative estimate of drug-likeness (QED) is 0.889. The Balaban J connectivity index is 2.29. The molecule has 0 bridgehead atoms. The van der Waals surface area contributed by atoms with Crippen molar-refractivity contribution in [2.45, 2.75) is 52.6 Å². The van der Waals surface area contributed by atoms with E-state index >= 15 is 0 Å².